The van der Waals surface area contributed by atoms with Gasteiger partial charge in [-0.05, 0) is 43.2 Å². The third-order valence-corrected chi connectivity index (χ3v) is 4.98. The number of halogens is 1. The van der Waals surface area contributed by atoms with Crippen molar-refractivity contribution in [3.63, 3.8) is 0 Å². The number of hydrogen-bond acceptors (Lipinski definition) is 4. The summed E-state index contributed by atoms with van der Waals surface area (Å²) in [7, 11) is 0. The number of anilines is 1. The van der Waals surface area contributed by atoms with Crippen LogP contribution in [0.25, 0.3) is 0 Å². The lowest BCUT2D eigenvalue weighted by Gasteiger charge is -2.31. The van der Waals surface area contributed by atoms with Crippen molar-refractivity contribution in [1.82, 2.24) is 4.90 Å². The molecule has 0 unspecified atom stereocenters. The zero-order chi connectivity index (χ0) is 20.8. The van der Waals surface area contributed by atoms with E-state index in [4.69, 9.17) is 22.1 Å². The summed E-state index contributed by atoms with van der Waals surface area (Å²) in [4.78, 5) is 38.1. The van der Waals surface area contributed by atoms with Crippen molar-refractivity contribution < 1.29 is 19.1 Å². The molecule has 1 heterocycles. The Bertz CT molecular complexity index is 904. The number of nitrogens with one attached hydrogen (secondary N) is 1. The van der Waals surface area contributed by atoms with Crippen molar-refractivity contribution in [2.75, 3.05) is 25.0 Å². The number of ether oxygens (including phenoxy) is 1. The van der Waals surface area contributed by atoms with Crippen molar-refractivity contribution in [1.29, 1.82) is 0 Å². The summed E-state index contributed by atoms with van der Waals surface area (Å²) in [6, 6.07) is 13.6. The molecule has 8 heteroatoms. The number of nitrogens with two attached hydrogens (primary N) is 1. The number of amides is 3. The second kappa shape index (κ2) is 9.43. The Morgan fingerprint density at radius 3 is 2.66 bits per heavy atom. The third kappa shape index (κ3) is 5.48. The van der Waals surface area contributed by atoms with Crippen LogP contribution in [-0.2, 0) is 9.59 Å². The van der Waals surface area contributed by atoms with Crippen molar-refractivity contribution >= 4 is 35.0 Å². The Hall–Kier alpha value is -3.06. The van der Waals surface area contributed by atoms with Gasteiger partial charge in [0.2, 0.25) is 5.91 Å². The fourth-order valence-corrected chi connectivity index (χ4v) is 3.36. The number of piperidine rings is 1. The zero-order valence-electron chi connectivity index (χ0n) is 15.8. The van der Waals surface area contributed by atoms with Gasteiger partial charge in [0.1, 0.15) is 5.75 Å². The van der Waals surface area contributed by atoms with Gasteiger partial charge in [-0.25, -0.2) is 0 Å². The van der Waals surface area contributed by atoms with Crippen LogP contribution >= 0.6 is 11.6 Å². The van der Waals surface area contributed by atoms with E-state index < -0.39 is 11.8 Å². The van der Waals surface area contributed by atoms with Crippen LogP contribution in [0.1, 0.15) is 23.2 Å². The first-order valence-electron chi connectivity index (χ1n) is 9.30. The number of primary amides is 1. The Morgan fingerprint density at radius 2 is 1.93 bits per heavy atom. The SMILES string of the molecule is NC(=O)[C@@H]1CCCN(C(=O)COc2ccc(Cl)cc2C(=O)Nc2ccccc2)C1. The van der Waals surface area contributed by atoms with Crippen molar-refractivity contribution in [2.45, 2.75) is 12.8 Å². The number of benzene rings is 2. The van der Waals surface area contributed by atoms with Gasteiger partial charge in [-0.3, -0.25) is 14.4 Å². The Kier molecular flexibility index (Phi) is 6.72. The van der Waals surface area contributed by atoms with Crippen molar-refractivity contribution in [3.8, 4) is 5.75 Å². The Balaban J connectivity index is 1.67. The molecule has 7 nitrogen and oxygen atoms in total. The van der Waals surface area contributed by atoms with Gasteiger partial charge in [-0.2, -0.15) is 0 Å². The van der Waals surface area contributed by atoms with Gasteiger partial charge in [0.15, 0.2) is 6.61 Å². The standard InChI is InChI=1S/C21H22ClN3O4/c22-15-8-9-18(17(11-15)21(28)24-16-6-2-1-3-7-16)29-13-19(26)25-10-4-5-14(12-25)20(23)27/h1-3,6-9,11,14H,4-5,10,12-13H2,(H2,23,27)(H,24,28)/t14-/m1/s1. The van der Waals surface area contributed by atoms with E-state index in [2.05, 4.69) is 5.32 Å². The summed E-state index contributed by atoms with van der Waals surface area (Å²) in [6.45, 7) is 0.589. The molecule has 0 bridgehead atoms. The average Bonchev–Trinajstić information content (AvgIpc) is 2.73. The molecule has 0 aromatic heterocycles. The second-order valence-electron chi connectivity index (χ2n) is 6.83. The summed E-state index contributed by atoms with van der Waals surface area (Å²) in [5.74, 6) is -1.15. The van der Waals surface area contributed by atoms with Crippen LogP contribution in [0.4, 0.5) is 5.69 Å². The minimum atomic E-state index is -0.402. The first-order chi connectivity index (χ1) is 13.9. The van der Waals surface area contributed by atoms with E-state index in [0.29, 0.717) is 36.6 Å². The minimum absolute atomic E-state index is 0.225. The monoisotopic (exact) mass is 415 g/mol. The average molecular weight is 416 g/mol. The van der Waals surface area contributed by atoms with Gasteiger partial charge in [-0.1, -0.05) is 29.8 Å². The predicted molar refractivity (Wildman–Crippen MR) is 110 cm³/mol. The van der Waals surface area contributed by atoms with Crippen LogP contribution in [0.2, 0.25) is 5.02 Å². The molecular formula is C21H22ClN3O4. The molecule has 1 fully saturated rings. The summed E-state index contributed by atoms with van der Waals surface area (Å²) < 4.78 is 5.63. The molecule has 2 aromatic carbocycles. The van der Waals surface area contributed by atoms with E-state index in [0.717, 1.165) is 0 Å². The van der Waals surface area contributed by atoms with E-state index >= 15 is 0 Å². The topological polar surface area (TPSA) is 102 Å². The molecule has 3 rings (SSSR count). The van der Waals surface area contributed by atoms with E-state index in [1.807, 2.05) is 18.2 Å². The quantitative estimate of drug-likeness (QED) is 0.757. The van der Waals surface area contributed by atoms with E-state index in [-0.39, 0.29) is 29.7 Å². The van der Waals surface area contributed by atoms with Crippen LogP contribution in [-0.4, -0.2) is 42.3 Å². The maximum Gasteiger partial charge on any atom is 0.260 e. The number of carbonyl (C=O) groups excluding carboxylic acids is 3. The molecule has 1 saturated heterocycles. The zero-order valence-corrected chi connectivity index (χ0v) is 16.5. The number of carbonyl (C=O) groups is 3. The first-order valence-corrected chi connectivity index (χ1v) is 9.67. The molecular weight excluding hydrogens is 394 g/mol. The maximum absolute atomic E-state index is 12.7. The lowest BCUT2D eigenvalue weighted by atomic mass is 9.97. The largest absolute Gasteiger partial charge is 0.483 e. The summed E-state index contributed by atoms with van der Waals surface area (Å²) in [5, 5.41) is 3.15. The molecule has 0 spiro atoms. The summed E-state index contributed by atoms with van der Waals surface area (Å²) in [5.41, 5.74) is 6.21. The van der Waals surface area contributed by atoms with Gasteiger partial charge in [0.25, 0.3) is 11.8 Å². The molecule has 1 atom stereocenters. The first kappa shape index (κ1) is 20.7. The third-order valence-electron chi connectivity index (χ3n) is 4.75. The fourth-order valence-electron chi connectivity index (χ4n) is 3.19. The second-order valence-corrected chi connectivity index (χ2v) is 7.27. The van der Waals surface area contributed by atoms with Crippen LogP contribution in [0.5, 0.6) is 5.75 Å². The highest BCUT2D eigenvalue weighted by Crippen LogP contribution is 2.25. The van der Waals surface area contributed by atoms with Crippen molar-refractivity contribution in [3.05, 3.63) is 59.1 Å². The molecule has 1 aliphatic rings. The highest BCUT2D eigenvalue weighted by atomic mass is 35.5. The van der Waals surface area contributed by atoms with Gasteiger partial charge < -0.3 is 20.7 Å². The molecule has 1 aliphatic heterocycles. The fraction of sp³-hybridized carbons (Fsp3) is 0.286. The van der Waals surface area contributed by atoms with Crippen LogP contribution in [0, 0.1) is 5.92 Å². The number of likely N-dealkylation sites (tertiary alicyclic amines) is 1. The Morgan fingerprint density at radius 1 is 1.17 bits per heavy atom. The van der Waals surface area contributed by atoms with Gasteiger partial charge in [0.05, 0.1) is 11.5 Å². The highest BCUT2D eigenvalue weighted by Gasteiger charge is 2.27. The predicted octanol–water partition coefficient (Wildman–Crippen LogP) is 2.70. The number of hydrogen-bond donors (Lipinski definition) is 2. The highest BCUT2D eigenvalue weighted by molar-refractivity contribution is 6.31. The number of para-hydroxylation sites is 1. The van der Waals surface area contributed by atoms with Gasteiger partial charge >= 0.3 is 0 Å². The molecule has 2 aromatic rings. The maximum atomic E-state index is 12.7. The van der Waals surface area contributed by atoms with Gasteiger partial charge in [-0.15, -0.1) is 0 Å². The van der Waals surface area contributed by atoms with E-state index in [1.165, 1.54) is 6.07 Å². The van der Waals surface area contributed by atoms with Crippen molar-refractivity contribution in [2.24, 2.45) is 11.7 Å². The smallest absolute Gasteiger partial charge is 0.260 e. The summed E-state index contributed by atoms with van der Waals surface area (Å²) in [6.07, 6.45) is 1.39. The minimum Gasteiger partial charge on any atom is -0.483 e. The van der Waals surface area contributed by atoms with E-state index in [9.17, 15) is 14.4 Å². The molecule has 3 amide bonds. The molecule has 0 aliphatic carbocycles. The number of nitrogens with zero attached hydrogens (tertiary/aromatic N) is 1. The molecule has 0 saturated carbocycles. The molecule has 3 N–H and O–H groups in total. The Labute approximate surface area is 173 Å². The molecule has 29 heavy (non-hydrogen) atoms. The van der Waals surface area contributed by atoms with Crippen LogP contribution in [0.3, 0.4) is 0 Å². The molecule has 152 valence electrons. The van der Waals surface area contributed by atoms with Crippen LogP contribution in [0.15, 0.2) is 48.5 Å². The molecule has 0 radical (unpaired) electrons. The van der Waals surface area contributed by atoms with E-state index in [1.54, 1.807) is 29.2 Å². The summed E-state index contributed by atoms with van der Waals surface area (Å²) >= 11 is 6.04. The van der Waals surface area contributed by atoms with Gasteiger partial charge in [0, 0.05) is 23.8 Å². The normalized spacial score (nSPS) is 16.2. The number of rotatable bonds is 6. The lowest BCUT2D eigenvalue weighted by Crippen LogP contribution is -2.45. The van der Waals surface area contributed by atoms with Crippen LogP contribution < -0.4 is 15.8 Å². The lowest BCUT2D eigenvalue weighted by molar-refractivity contribution is -0.136.